The Labute approximate surface area is 99.2 Å². The quantitative estimate of drug-likeness (QED) is 0.728. The zero-order valence-electron chi connectivity index (χ0n) is 9.80. The van der Waals surface area contributed by atoms with Crippen molar-refractivity contribution < 1.29 is 13.2 Å². The molecule has 1 aromatic carbocycles. The van der Waals surface area contributed by atoms with E-state index in [4.69, 9.17) is 0 Å². The maximum absolute atomic E-state index is 12.8. The van der Waals surface area contributed by atoms with Crippen LogP contribution in [0.5, 0.6) is 0 Å². The van der Waals surface area contributed by atoms with Gasteiger partial charge in [0.25, 0.3) is 0 Å². The molecule has 1 aromatic rings. The smallest absolute Gasteiger partial charge is 0.207 e. The predicted molar refractivity (Wildman–Crippen MR) is 60.4 cm³/mol. The van der Waals surface area contributed by atoms with Crippen molar-refractivity contribution in [3.8, 4) is 0 Å². The second-order valence-corrected chi connectivity index (χ2v) is 4.50. The Bertz CT molecular complexity index is 365. The van der Waals surface area contributed by atoms with Crippen LogP contribution in [0.1, 0.15) is 30.9 Å². The molecule has 0 aliphatic heterocycles. The van der Waals surface area contributed by atoms with E-state index in [1.807, 2.05) is 19.1 Å². The van der Waals surface area contributed by atoms with Gasteiger partial charge in [0.05, 0.1) is 0 Å². The minimum atomic E-state index is -4.22. The van der Waals surface area contributed by atoms with Crippen LogP contribution >= 0.6 is 0 Å². The van der Waals surface area contributed by atoms with Crippen LogP contribution < -0.4 is 0 Å². The van der Waals surface area contributed by atoms with E-state index in [1.165, 1.54) is 0 Å². The highest BCUT2D eigenvalue weighted by Crippen LogP contribution is 2.36. The van der Waals surface area contributed by atoms with Gasteiger partial charge in [-0.05, 0) is 30.4 Å². The molecule has 2 rings (SSSR count). The van der Waals surface area contributed by atoms with Crippen molar-refractivity contribution in [2.45, 2.75) is 45.1 Å². The third kappa shape index (κ3) is 3.22. The number of aryl methyl sites for hydroxylation is 1. The topological polar surface area (TPSA) is 3.24 Å². The molecule has 1 nitrogen and oxygen atoms in total. The highest BCUT2D eigenvalue weighted by molar-refractivity contribution is 5.22. The Morgan fingerprint density at radius 1 is 1.12 bits per heavy atom. The standard InChI is InChI=1S/C13H16F3N/c1-2-10-3-5-11(6-4-10)9-17(12-7-8-12)13(14,15)16/h3-6,12H,2,7-9H2,1H3. The van der Waals surface area contributed by atoms with Crippen molar-refractivity contribution in [3.05, 3.63) is 35.4 Å². The number of halogens is 3. The van der Waals surface area contributed by atoms with Crippen molar-refractivity contribution >= 4 is 0 Å². The van der Waals surface area contributed by atoms with Gasteiger partial charge in [-0.15, -0.1) is 0 Å². The fraction of sp³-hybridized carbons (Fsp3) is 0.538. The molecule has 0 unspecified atom stereocenters. The normalized spacial score (nSPS) is 16.5. The molecule has 0 saturated heterocycles. The Kier molecular flexibility index (Phi) is 3.43. The summed E-state index contributed by atoms with van der Waals surface area (Å²) >= 11 is 0. The summed E-state index contributed by atoms with van der Waals surface area (Å²) in [7, 11) is 0. The monoisotopic (exact) mass is 243 g/mol. The van der Waals surface area contributed by atoms with Gasteiger partial charge < -0.3 is 0 Å². The van der Waals surface area contributed by atoms with Gasteiger partial charge in [0, 0.05) is 12.6 Å². The summed E-state index contributed by atoms with van der Waals surface area (Å²) in [6.07, 6.45) is -1.99. The minimum Gasteiger partial charge on any atom is -0.207 e. The van der Waals surface area contributed by atoms with Crippen LogP contribution in [0.15, 0.2) is 24.3 Å². The van der Waals surface area contributed by atoms with E-state index < -0.39 is 6.30 Å². The van der Waals surface area contributed by atoms with Crippen molar-refractivity contribution in [2.75, 3.05) is 0 Å². The molecule has 0 heterocycles. The third-order valence-electron chi connectivity index (χ3n) is 3.10. The summed E-state index contributed by atoms with van der Waals surface area (Å²) in [5.41, 5.74) is 1.88. The fourth-order valence-electron chi connectivity index (χ4n) is 1.89. The van der Waals surface area contributed by atoms with Gasteiger partial charge >= 0.3 is 6.30 Å². The summed E-state index contributed by atoms with van der Waals surface area (Å²) < 4.78 is 38.3. The summed E-state index contributed by atoms with van der Waals surface area (Å²) in [6.45, 7) is 2.00. The maximum atomic E-state index is 12.8. The number of alkyl halides is 3. The second-order valence-electron chi connectivity index (χ2n) is 4.50. The van der Waals surface area contributed by atoms with Crippen LogP contribution in [0.3, 0.4) is 0 Å². The Hall–Kier alpha value is -1.03. The summed E-state index contributed by atoms with van der Waals surface area (Å²) in [5.74, 6) is 0. The molecule has 0 amide bonds. The number of hydrogen-bond acceptors (Lipinski definition) is 1. The molecule has 1 aliphatic rings. The van der Waals surface area contributed by atoms with Crippen LogP contribution in [0.2, 0.25) is 0 Å². The lowest BCUT2D eigenvalue weighted by Gasteiger charge is -2.24. The number of benzene rings is 1. The molecule has 0 bridgehead atoms. The lowest BCUT2D eigenvalue weighted by Crippen LogP contribution is -2.39. The van der Waals surface area contributed by atoms with Crippen molar-refractivity contribution in [3.63, 3.8) is 0 Å². The molecule has 4 heteroatoms. The van der Waals surface area contributed by atoms with E-state index in [0.29, 0.717) is 17.7 Å². The number of nitrogens with zero attached hydrogens (tertiary/aromatic N) is 1. The van der Waals surface area contributed by atoms with Crippen LogP contribution in [-0.2, 0) is 13.0 Å². The molecule has 1 aliphatic carbocycles. The lowest BCUT2D eigenvalue weighted by molar-refractivity contribution is -0.253. The highest BCUT2D eigenvalue weighted by atomic mass is 19.4. The third-order valence-corrected chi connectivity index (χ3v) is 3.10. The molecular weight excluding hydrogens is 227 g/mol. The van der Waals surface area contributed by atoms with Gasteiger partial charge in [-0.25, -0.2) is 4.90 Å². The number of hydrogen-bond donors (Lipinski definition) is 0. The predicted octanol–water partition coefficient (Wildman–Crippen LogP) is 3.73. The molecule has 0 aromatic heterocycles. The Morgan fingerprint density at radius 3 is 2.06 bits per heavy atom. The van der Waals surface area contributed by atoms with Gasteiger partial charge in [0.15, 0.2) is 0 Å². The zero-order chi connectivity index (χ0) is 12.5. The van der Waals surface area contributed by atoms with E-state index in [0.717, 1.165) is 17.5 Å². The zero-order valence-corrected chi connectivity index (χ0v) is 9.80. The molecule has 94 valence electrons. The van der Waals surface area contributed by atoms with Crippen LogP contribution in [0, 0.1) is 0 Å². The summed E-state index contributed by atoms with van der Waals surface area (Å²) in [6, 6.07) is 7.08. The molecule has 0 radical (unpaired) electrons. The van der Waals surface area contributed by atoms with E-state index >= 15 is 0 Å². The average molecular weight is 243 g/mol. The van der Waals surface area contributed by atoms with Gasteiger partial charge in [0.1, 0.15) is 0 Å². The van der Waals surface area contributed by atoms with Gasteiger partial charge in [-0.3, -0.25) is 0 Å². The molecule has 1 fully saturated rings. The first kappa shape index (κ1) is 12.4. The first-order chi connectivity index (χ1) is 8.00. The molecular formula is C13H16F3N. The fourth-order valence-corrected chi connectivity index (χ4v) is 1.89. The molecule has 17 heavy (non-hydrogen) atoms. The van der Waals surface area contributed by atoms with Crippen LogP contribution in [0.4, 0.5) is 13.2 Å². The first-order valence-corrected chi connectivity index (χ1v) is 5.92. The van der Waals surface area contributed by atoms with E-state index in [9.17, 15) is 13.2 Å². The van der Waals surface area contributed by atoms with E-state index in [-0.39, 0.29) is 12.6 Å². The van der Waals surface area contributed by atoms with Crippen LogP contribution in [0.25, 0.3) is 0 Å². The Morgan fingerprint density at radius 2 is 1.65 bits per heavy atom. The second kappa shape index (κ2) is 4.69. The molecule has 0 N–H and O–H groups in total. The largest absolute Gasteiger partial charge is 0.460 e. The van der Waals surface area contributed by atoms with Crippen molar-refractivity contribution in [1.29, 1.82) is 0 Å². The van der Waals surface area contributed by atoms with Crippen LogP contribution in [-0.4, -0.2) is 17.2 Å². The number of rotatable bonds is 4. The van der Waals surface area contributed by atoms with Crippen molar-refractivity contribution in [1.82, 2.24) is 4.90 Å². The minimum absolute atomic E-state index is 0.0296. The van der Waals surface area contributed by atoms with E-state index in [2.05, 4.69) is 0 Å². The van der Waals surface area contributed by atoms with Gasteiger partial charge in [-0.1, -0.05) is 31.2 Å². The molecule has 0 spiro atoms. The summed E-state index contributed by atoms with van der Waals surface area (Å²) in [5, 5.41) is 0. The summed E-state index contributed by atoms with van der Waals surface area (Å²) in [4.78, 5) is 0.647. The maximum Gasteiger partial charge on any atom is 0.460 e. The SMILES string of the molecule is CCc1ccc(CN(C2CC2)C(F)(F)F)cc1. The van der Waals surface area contributed by atoms with Crippen molar-refractivity contribution in [2.24, 2.45) is 0 Å². The average Bonchev–Trinajstić information content (AvgIpc) is 3.09. The molecule has 0 atom stereocenters. The lowest BCUT2D eigenvalue weighted by atomic mass is 10.1. The first-order valence-electron chi connectivity index (χ1n) is 5.92. The van der Waals surface area contributed by atoms with Gasteiger partial charge in [0.2, 0.25) is 0 Å². The molecule has 1 saturated carbocycles. The van der Waals surface area contributed by atoms with E-state index in [1.54, 1.807) is 12.1 Å². The highest BCUT2D eigenvalue weighted by Gasteiger charge is 2.45. The van der Waals surface area contributed by atoms with Gasteiger partial charge in [-0.2, -0.15) is 13.2 Å². The Balaban J connectivity index is 2.06.